The third-order valence-corrected chi connectivity index (χ3v) is 2.88. The van der Waals surface area contributed by atoms with Gasteiger partial charge in [-0.25, -0.2) is 10.1 Å². The van der Waals surface area contributed by atoms with E-state index < -0.39 is 0 Å². The van der Waals surface area contributed by atoms with Crippen LogP contribution in [0.15, 0.2) is 24.7 Å². The topological polar surface area (TPSA) is 88.0 Å². The van der Waals surface area contributed by atoms with Crippen LogP contribution in [0, 0.1) is 13.8 Å². The molecule has 3 heterocycles. The number of amides is 1. The van der Waals surface area contributed by atoms with Crippen molar-refractivity contribution in [1.29, 1.82) is 0 Å². The zero-order chi connectivity index (χ0) is 13.4. The molecule has 3 rings (SSSR count). The monoisotopic (exact) mass is 256 g/mol. The van der Waals surface area contributed by atoms with Crippen LogP contribution in [0.2, 0.25) is 0 Å². The number of carbonyl (C=O) groups excluding carboxylic acids is 1. The first kappa shape index (κ1) is 11.4. The summed E-state index contributed by atoms with van der Waals surface area (Å²) in [5.74, 6) is 0.0411. The molecule has 3 aromatic rings. The van der Waals surface area contributed by atoms with E-state index in [2.05, 4.69) is 25.5 Å². The Morgan fingerprint density at radius 3 is 3.00 bits per heavy atom. The van der Waals surface area contributed by atoms with Gasteiger partial charge in [-0.1, -0.05) is 6.07 Å². The van der Waals surface area contributed by atoms with Crippen LogP contribution in [-0.2, 0) is 0 Å². The number of carbonyl (C=O) groups is 1. The molecule has 0 bridgehead atoms. The number of imidazole rings is 1. The molecular formula is C12H12N6O. The van der Waals surface area contributed by atoms with E-state index in [1.165, 1.54) is 6.33 Å². The van der Waals surface area contributed by atoms with Gasteiger partial charge in [0.05, 0.1) is 5.69 Å². The summed E-state index contributed by atoms with van der Waals surface area (Å²) in [4.78, 5) is 20.5. The van der Waals surface area contributed by atoms with Gasteiger partial charge in [0.25, 0.3) is 5.91 Å². The van der Waals surface area contributed by atoms with Crippen LogP contribution < -0.4 is 5.32 Å². The summed E-state index contributed by atoms with van der Waals surface area (Å²) in [5, 5.41) is 8.92. The second-order valence-corrected chi connectivity index (χ2v) is 4.22. The molecule has 0 radical (unpaired) electrons. The standard InChI is InChI=1S/C12H12N6O/c1-7-4-3-5-18-9(8(2)15-10(7)18)11(19)16-12-13-6-14-17-12/h3-6H,1-2H3,(H2,13,14,16,17,19). The Kier molecular flexibility index (Phi) is 2.52. The quantitative estimate of drug-likeness (QED) is 0.723. The van der Waals surface area contributed by atoms with Crippen LogP contribution in [0.4, 0.5) is 5.95 Å². The number of pyridine rings is 1. The van der Waals surface area contributed by atoms with E-state index in [-0.39, 0.29) is 5.91 Å². The van der Waals surface area contributed by atoms with Gasteiger partial charge in [-0.3, -0.25) is 14.5 Å². The van der Waals surface area contributed by atoms with Gasteiger partial charge in [0.1, 0.15) is 17.7 Å². The van der Waals surface area contributed by atoms with E-state index in [9.17, 15) is 4.79 Å². The molecule has 0 aliphatic heterocycles. The average molecular weight is 256 g/mol. The maximum Gasteiger partial charge on any atom is 0.276 e. The fraction of sp³-hybridized carbons (Fsp3) is 0.167. The van der Waals surface area contributed by atoms with E-state index in [4.69, 9.17) is 0 Å². The molecule has 3 aromatic heterocycles. The minimum absolute atomic E-state index is 0.271. The summed E-state index contributed by atoms with van der Waals surface area (Å²) in [5.41, 5.74) is 2.97. The maximum atomic E-state index is 12.3. The molecule has 2 N–H and O–H groups in total. The predicted molar refractivity (Wildman–Crippen MR) is 69.0 cm³/mol. The van der Waals surface area contributed by atoms with Crippen molar-refractivity contribution in [3.8, 4) is 0 Å². The van der Waals surface area contributed by atoms with E-state index >= 15 is 0 Å². The van der Waals surface area contributed by atoms with Crippen molar-refractivity contribution in [2.24, 2.45) is 0 Å². The Balaban J connectivity index is 2.07. The average Bonchev–Trinajstić information content (AvgIpc) is 2.96. The molecule has 1 amide bonds. The van der Waals surface area contributed by atoms with E-state index in [0.717, 1.165) is 11.2 Å². The molecule has 0 aliphatic carbocycles. The largest absolute Gasteiger partial charge is 0.295 e. The predicted octanol–water partition coefficient (Wildman–Crippen LogP) is 1.32. The molecule has 7 nitrogen and oxygen atoms in total. The highest BCUT2D eigenvalue weighted by atomic mass is 16.2. The molecule has 0 unspecified atom stereocenters. The molecule has 0 saturated heterocycles. The number of hydrogen-bond donors (Lipinski definition) is 2. The van der Waals surface area contributed by atoms with Crippen LogP contribution in [0.1, 0.15) is 21.7 Å². The first-order chi connectivity index (χ1) is 9.16. The van der Waals surface area contributed by atoms with Crippen LogP contribution in [0.25, 0.3) is 5.65 Å². The Hall–Kier alpha value is -2.70. The second-order valence-electron chi connectivity index (χ2n) is 4.22. The summed E-state index contributed by atoms with van der Waals surface area (Å²) >= 11 is 0. The molecule has 19 heavy (non-hydrogen) atoms. The number of nitrogens with one attached hydrogen (secondary N) is 2. The maximum absolute atomic E-state index is 12.3. The number of rotatable bonds is 2. The SMILES string of the molecule is Cc1nc2c(C)cccn2c1C(=O)Nc1ncn[nH]1. The minimum atomic E-state index is -0.271. The van der Waals surface area contributed by atoms with Crippen molar-refractivity contribution in [2.45, 2.75) is 13.8 Å². The van der Waals surface area contributed by atoms with Crippen LogP contribution in [0.5, 0.6) is 0 Å². The van der Waals surface area contributed by atoms with Gasteiger partial charge in [-0.2, -0.15) is 10.1 Å². The molecule has 7 heteroatoms. The zero-order valence-corrected chi connectivity index (χ0v) is 10.5. The van der Waals surface area contributed by atoms with Crippen molar-refractivity contribution in [3.05, 3.63) is 41.6 Å². The number of aromatic amines is 1. The normalized spacial score (nSPS) is 10.8. The van der Waals surface area contributed by atoms with Gasteiger partial charge >= 0.3 is 0 Å². The van der Waals surface area contributed by atoms with Crippen LogP contribution in [-0.4, -0.2) is 30.5 Å². The molecule has 0 spiro atoms. The van der Waals surface area contributed by atoms with E-state index in [1.54, 1.807) is 4.40 Å². The van der Waals surface area contributed by atoms with E-state index in [0.29, 0.717) is 17.3 Å². The van der Waals surface area contributed by atoms with Crippen molar-refractivity contribution in [3.63, 3.8) is 0 Å². The van der Waals surface area contributed by atoms with Crippen LogP contribution in [0.3, 0.4) is 0 Å². The lowest BCUT2D eigenvalue weighted by Crippen LogP contribution is -2.16. The Morgan fingerprint density at radius 1 is 1.42 bits per heavy atom. The van der Waals surface area contributed by atoms with Gasteiger partial charge in [-0.05, 0) is 25.5 Å². The Morgan fingerprint density at radius 2 is 2.26 bits per heavy atom. The minimum Gasteiger partial charge on any atom is -0.295 e. The van der Waals surface area contributed by atoms with Crippen LogP contribution >= 0.6 is 0 Å². The number of anilines is 1. The number of H-pyrrole nitrogens is 1. The van der Waals surface area contributed by atoms with Crippen molar-refractivity contribution >= 4 is 17.5 Å². The summed E-state index contributed by atoms with van der Waals surface area (Å²) in [6.07, 6.45) is 3.15. The molecule has 0 aliphatic rings. The highest BCUT2D eigenvalue weighted by Gasteiger charge is 2.18. The Bertz CT molecular complexity index is 743. The first-order valence-corrected chi connectivity index (χ1v) is 5.78. The summed E-state index contributed by atoms with van der Waals surface area (Å²) in [6, 6.07) is 3.84. The third kappa shape index (κ3) is 1.85. The highest BCUT2D eigenvalue weighted by Crippen LogP contribution is 2.16. The highest BCUT2D eigenvalue weighted by molar-refractivity contribution is 6.03. The summed E-state index contributed by atoms with van der Waals surface area (Å²) in [6.45, 7) is 3.77. The fourth-order valence-corrected chi connectivity index (χ4v) is 2.02. The first-order valence-electron chi connectivity index (χ1n) is 5.78. The van der Waals surface area contributed by atoms with Crippen molar-refractivity contribution < 1.29 is 4.79 Å². The lowest BCUT2D eigenvalue weighted by molar-refractivity contribution is 0.102. The van der Waals surface area contributed by atoms with Gasteiger partial charge in [0, 0.05) is 6.20 Å². The van der Waals surface area contributed by atoms with Crippen molar-refractivity contribution in [2.75, 3.05) is 5.32 Å². The third-order valence-electron chi connectivity index (χ3n) is 2.88. The van der Waals surface area contributed by atoms with Gasteiger partial charge in [-0.15, -0.1) is 0 Å². The zero-order valence-electron chi connectivity index (χ0n) is 10.5. The van der Waals surface area contributed by atoms with Gasteiger partial charge < -0.3 is 0 Å². The smallest absolute Gasteiger partial charge is 0.276 e. The molecule has 0 aromatic carbocycles. The Labute approximate surface area is 108 Å². The molecule has 0 saturated carbocycles. The number of aryl methyl sites for hydroxylation is 2. The molecule has 96 valence electrons. The van der Waals surface area contributed by atoms with Gasteiger partial charge in [0.2, 0.25) is 5.95 Å². The number of hydrogen-bond acceptors (Lipinski definition) is 4. The second kappa shape index (κ2) is 4.20. The number of nitrogens with zero attached hydrogens (tertiary/aromatic N) is 4. The summed E-state index contributed by atoms with van der Waals surface area (Å²) in [7, 11) is 0. The number of fused-ring (bicyclic) bond motifs is 1. The fourth-order valence-electron chi connectivity index (χ4n) is 2.02. The number of aromatic nitrogens is 5. The van der Waals surface area contributed by atoms with E-state index in [1.807, 2.05) is 32.2 Å². The van der Waals surface area contributed by atoms with Crippen molar-refractivity contribution in [1.82, 2.24) is 24.6 Å². The van der Waals surface area contributed by atoms with Gasteiger partial charge in [0.15, 0.2) is 0 Å². The summed E-state index contributed by atoms with van der Waals surface area (Å²) < 4.78 is 1.77. The molecular weight excluding hydrogens is 244 g/mol. The molecule has 0 atom stereocenters. The lowest BCUT2D eigenvalue weighted by atomic mass is 10.3. The molecule has 0 fully saturated rings. The lowest BCUT2D eigenvalue weighted by Gasteiger charge is -2.03.